The Hall–Kier alpha value is -1.60. The summed E-state index contributed by atoms with van der Waals surface area (Å²) >= 11 is 0. The normalized spacial score (nSPS) is 19.2. The maximum atomic E-state index is 12.8. The van der Waals surface area contributed by atoms with Crippen molar-refractivity contribution in [1.29, 1.82) is 0 Å². The number of benzene rings is 1. The Morgan fingerprint density at radius 1 is 1.16 bits per heavy atom. The lowest BCUT2D eigenvalue weighted by atomic mass is 10.1. The van der Waals surface area contributed by atoms with Crippen molar-refractivity contribution < 1.29 is 18.0 Å². The summed E-state index contributed by atoms with van der Waals surface area (Å²) < 4.78 is 38.3. The predicted molar refractivity (Wildman–Crippen MR) is 88.9 cm³/mol. The van der Waals surface area contributed by atoms with E-state index in [1.165, 1.54) is 25.0 Å². The summed E-state index contributed by atoms with van der Waals surface area (Å²) in [6, 6.07) is 5.46. The van der Waals surface area contributed by atoms with Crippen LogP contribution < -0.4 is 5.32 Å². The zero-order valence-corrected chi connectivity index (χ0v) is 14.2. The first-order valence-corrected chi connectivity index (χ1v) is 8.79. The number of hydrogen-bond acceptors (Lipinski definition) is 3. The van der Waals surface area contributed by atoms with Gasteiger partial charge in [0, 0.05) is 32.7 Å². The quantitative estimate of drug-likeness (QED) is 0.851. The number of hydrogen-bond donors (Lipinski definition) is 1. The number of halogens is 3. The number of rotatable bonds is 6. The van der Waals surface area contributed by atoms with Gasteiger partial charge in [0.25, 0.3) is 0 Å². The van der Waals surface area contributed by atoms with Crippen LogP contribution in [0, 0.1) is 5.92 Å². The molecule has 4 nitrogen and oxygen atoms in total. The van der Waals surface area contributed by atoms with Crippen molar-refractivity contribution in [2.45, 2.75) is 25.6 Å². The maximum absolute atomic E-state index is 12.8. The number of piperazine rings is 1. The first-order valence-electron chi connectivity index (χ1n) is 8.79. The Balaban J connectivity index is 1.43. The molecule has 1 saturated heterocycles. The highest BCUT2D eigenvalue weighted by molar-refractivity contribution is 5.78. The number of carbonyl (C=O) groups excluding carboxylic acids is 1. The van der Waals surface area contributed by atoms with Crippen molar-refractivity contribution in [3.8, 4) is 0 Å². The SMILES string of the molecule is O=C(CNCC1CC1)N1CCN(Cc2cccc(C(F)(F)F)c2)CC1. The molecule has 1 saturated carbocycles. The molecule has 1 aromatic carbocycles. The van der Waals surface area contributed by atoms with E-state index >= 15 is 0 Å². The first-order chi connectivity index (χ1) is 11.9. The van der Waals surface area contributed by atoms with Gasteiger partial charge in [-0.25, -0.2) is 0 Å². The van der Waals surface area contributed by atoms with Crippen molar-refractivity contribution in [3.63, 3.8) is 0 Å². The van der Waals surface area contributed by atoms with Gasteiger partial charge < -0.3 is 10.2 Å². The lowest BCUT2D eigenvalue weighted by molar-refractivity contribution is -0.137. The largest absolute Gasteiger partial charge is 0.416 e. The van der Waals surface area contributed by atoms with Crippen LogP contribution in [0.25, 0.3) is 0 Å². The van der Waals surface area contributed by atoms with Crippen molar-refractivity contribution >= 4 is 5.91 Å². The van der Waals surface area contributed by atoms with Crippen molar-refractivity contribution in [2.24, 2.45) is 5.92 Å². The van der Waals surface area contributed by atoms with E-state index in [9.17, 15) is 18.0 Å². The molecule has 0 bridgehead atoms. The van der Waals surface area contributed by atoms with Gasteiger partial charge in [0.15, 0.2) is 0 Å². The molecule has 1 aliphatic heterocycles. The second-order valence-electron chi connectivity index (χ2n) is 6.93. The molecule has 1 N–H and O–H groups in total. The topological polar surface area (TPSA) is 35.6 Å². The summed E-state index contributed by atoms with van der Waals surface area (Å²) in [6.07, 6.45) is -1.79. The molecular formula is C18H24F3N3O. The van der Waals surface area contributed by atoms with E-state index in [1.54, 1.807) is 6.07 Å². The number of amides is 1. The van der Waals surface area contributed by atoms with Crippen molar-refractivity contribution in [1.82, 2.24) is 15.1 Å². The standard InChI is InChI=1S/C18H24F3N3O/c19-18(20,21)16-3-1-2-15(10-16)13-23-6-8-24(9-7-23)17(25)12-22-11-14-4-5-14/h1-3,10,14,22H,4-9,11-13H2. The molecule has 0 spiro atoms. The minimum absolute atomic E-state index is 0.111. The molecule has 1 aromatic rings. The third-order valence-corrected chi connectivity index (χ3v) is 4.79. The fourth-order valence-electron chi connectivity index (χ4n) is 3.08. The highest BCUT2D eigenvalue weighted by Crippen LogP contribution is 2.30. The van der Waals surface area contributed by atoms with E-state index in [-0.39, 0.29) is 5.91 Å². The second-order valence-corrected chi connectivity index (χ2v) is 6.93. The molecule has 2 aliphatic rings. The van der Waals surface area contributed by atoms with E-state index in [0.29, 0.717) is 44.8 Å². The lowest BCUT2D eigenvalue weighted by Gasteiger charge is -2.35. The van der Waals surface area contributed by atoms with E-state index in [2.05, 4.69) is 10.2 Å². The van der Waals surface area contributed by atoms with Gasteiger partial charge in [0.1, 0.15) is 0 Å². The van der Waals surface area contributed by atoms with Gasteiger partial charge in [-0.15, -0.1) is 0 Å². The van der Waals surface area contributed by atoms with E-state index in [1.807, 2.05) is 4.90 Å². The predicted octanol–water partition coefficient (Wildman–Crippen LogP) is 2.35. The van der Waals surface area contributed by atoms with Crippen LogP contribution in [0.2, 0.25) is 0 Å². The third-order valence-electron chi connectivity index (χ3n) is 4.79. The molecule has 1 heterocycles. The fourth-order valence-corrected chi connectivity index (χ4v) is 3.08. The Morgan fingerprint density at radius 2 is 1.88 bits per heavy atom. The van der Waals surface area contributed by atoms with Gasteiger partial charge in [-0.2, -0.15) is 13.2 Å². The van der Waals surface area contributed by atoms with Crippen LogP contribution in [0.3, 0.4) is 0 Å². The number of alkyl halides is 3. The van der Waals surface area contributed by atoms with E-state index in [0.717, 1.165) is 18.5 Å². The molecule has 138 valence electrons. The Bertz CT molecular complexity index is 593. The average Bonchev–Trinajstić information content (AvgIpc) is 3.39. The zero-order valence-electron chi connectivity index (χ0n) is 14.2. The molecule has 1 amide bonds. The highest BCUT2D eigenvalue weighted by Gasteiger charge is 2.30. The van der Waals surface area contributed by atoms with Gasteiger partial charge in [0.05, 0.1) is 12.1 Å². The molecule has 3 rings (SSSR count). The lowest BCUT2D eigenvalue weighted by Crippen LogP contribution is -2.50. The van der Waals surface area contributed by atoms with E-state index < -0.39 is 11.7 Å². The molecule has 25 heavy (non-hydrogen) atoms. The summed E-state index contributed by atoms with van der Waals surface area (Å²) in [6.45, 7) is 4.40. The van der Waals surface area contributed by atoms with Crippen LogP contribution in [0.1, 0.15) is 24.0 Å². The van der Waals surface area contributed by atoms with Crippen LogP contribution in [0.5, 0.6) is 0 Å². The molecule has 7 heteroatoms. The summed E-state index contributed by atoms with van der Waals surface area (Å²) in [5.41, 5.74) is 0.0428. The third kappa shape index (κ3) is 5.44. The molecule has 0 atom stereocenters. The summed E-state index contributed by atoms with van der Waals surface area (Å²) in [5.74, 6) is 0.858. The molecule has 0 unspecified atom stereocenters. The summed E-state index contributed by atoms with van der Waals surface area (Å²) in [5, 5.41) is 3.20. The minimum Gasteiger partial charge on any atom is -0.339 e. The van der Waals surface area contributed by atoms with Gasteiger partial charge in [0.2, 0.25) is 5.91 Å². The molecular weight excluding hydrogens is 331 g/mol. The molecule has 1 aliphatic carbocycles. The second kappa shape index (κ2) is 7.74. The van der Waals surface area contributed by atoms with Crippen molar-refractivity contribution in [3.05, 3.63) is 35.4 Å². The van der Waals surface area contributed by atoms with Gasteiger partial charge in [-0.3, -0.25) is 9.69 Å². The van der Waals surface area contributed by atoms with Crippen LogP contribution >= 0.6 is 0 Å². The van der Waals surface area contributed by atoms with Gasteiger partial charge in [-0.1, -0.05) is 18.2 Å². The number of nitrogens with zero attached hydrogens (tertiary/aromatic N) is 2. The van der Waals surface area contributed by atoms with Crippen LogP contribution in [-0.4, -0.2) is 55.0 Å². The zero-order chi connectivity index (χ0) is 17.9. The van der Waals surface area contributed by atoms with E-state index in [4.69, 9.17) is 0 Å². The minimum atomic E-state index is -4.31. The van der Waals surface area contributed by atoms with Crippen molar-refractivity contribution in [2.75, 3.05) is 39.3 Å². The molecule has 0 aromatic heterocycles. The maximum Gasteiger partial charge on any atom is 0.416 e. The Labute approximate surface area is 146 Å². The highest BCUT2D eigenvalue weighted by atomic mass is 19.4. The first kappa shape index (κ1) is 18.2. The number of nitrogens with one attached hydrogen (secondary N) is 1. The van der Waals surface area contributed by atoms with Gasteiger partial charge in [-0.05, 0) is 36.9 Å². The summed E-state index contributed by atoms with van der Waals surface area (Å²) in [7, 11) is 0. The fraction of sp³-hybridized carbons (Fsp3) is 0.611. The Kier molecular flexibility index (Phi) is 5.64. The summed E-state index contributed by atoms with van der Waals surface area (Å²) in [4.78, 5) is 16.1. The molecule has 0 radical (unpaired) electrons. The average molecular weight is 355 g/mol. The smallest absolute Gasteiger partial charge is 0.339 e. The Morgan fingerprint density at radius 3 is 2.52 bits per heavy atom. The molecule has 2 fully saturated rings. The van der Waals surface area contributed by atoms with Gasteiger partial charge >= 0.3 is 6.18 Å². The van der Waals surface area contributed by atoms with Crippen LogP contribution in [-0.2, 0) is 17.5 Å². The monoisotopic (exact) mass is 355 g/mol. The number of carbonyl (C=O) groups is 1. The van der Waals surface area contributed by atoms with Crippen LogP contribution in [0.4, 0.5) is 13.2 Å². The van der Waals surface area contributed by atoms with Crippen LogP contribution in [0.15, 0.2) is 24.3 Å².